The van der Waals surface area contributed by atoms with Crippen LogP contribution in [0.15, 0.2) is 9.59 Å². The second kappa shape index (κ2) is 5.76. The van der Waals surface area contributed by atoms with Gasteiger partial charge < -0.3 is 0 Å². The normalized spacial score (nSPS) is 19.6. The molecule has 4 nitrogen and oxygen atoms in total. The van der Waals surface area contributed by atoms with Crippen molar-refractivity contribution >= 4 is 11.6 Å². The molecule has 5 heteroatoms. The molecule has 0 bridgehead atoms. The quantitative estimate of drug-likeness (QED) is 0.849. The molecule has 3 rings (SSSR count). The third-order valence-electron chi connectivity index (χ3n) is 4.63. The van der Waals surface area contributed by atoms with Gasteiger partial charge in [0.1, 0.15) is 5.15 Å². The molecule has 0 aromatic carbocycles. The minimum Gasteiger partial charge on any atom is -0.297 e. The molecule has 2 aliphatic carbocycles. The average Bonchev–Trinajstić information content (AvgIpc) is 3.07. The fraction of sp³-hybridized carbons (Fsp3) is 0.733. The fourth-order valence-corrected chi connectivity index (χ4v) is 3.59. The summed E-state index contributed by atoms with van der Waals surface area (Å²) in [5, 5.41) is 0.255. The van der Waals surface area contributed by atoms with E-state index in [2.05, 4.69) is 4.98 Å². The lowest BCUT2D eigenvalue weighted by Crippen LogP contribution is -2.38. The van der Waals surface area contributed by atoms with E-state index in [1.54, 1.807) is 0 Å². The first-order chi connectivity index (χ1) is 9.66. The standard InChI is InChI=1S/C15H21ClN2O2/c16-13-12(11-5-1-2-6-11)14(19)18(15(20)17-13)9-3-4-10-7-8-10/h10-11H,1-9H2,(H,17,20). The molecule has 0 amide bonds. The number of hydrogen-bond donors (Lipinski definition) is 1. The van der Waals surface area contributed by atoms with Crippen LogP contribution in [0.1, 0.15) is 62.8 Å². The van der Waals surface area contributed by atoms with Crippen LogP contribution in [-0.2, 0) is 6.54 Å². The van der Waals surface area contributed by atoms with Crippen LogP contribution in [0.2, 0.25) is 5.15 Å². The Morgan fingerprint density at radius 2 is 1.85 bits per heavy atom. The van der Waals surface area contributed by atoms with Crippen LogP contribution < -0.4 is 11.2 Å². The van der Waals surface area contributed by atoms with Crippen molar-refractivity contribution in [3.05, 3.63) is 31.6 Å². The van der Waals surface area contributed by atoms with Crippen molar-refractivity contribution in [2.75, 3.05) is 0 Å². The first-order valence-electron chi connectivity index (χ1n) is 7.69. The molecule has 2 aliphatic rings. The number of nitrogens with one attached hydrogen (secondary N) is 1. The number of rotatable bonds is 5. The molecule has 0 radical (unpaired) electrons. The van der Waals surface area contributed by atoms with Crippen molar-refractivity contribution in [1.82, 2.24) is 9.55 Å². The number of hydrogen-bond acceptors (Lipinski definition) is 2. The monoisotopic (exact) mass is 296 g/mol. The van der Waals surface area contributed by atoms with Crippen LogP contribution in [0.25, 0.3) is 0 Å². The summed E-state index contributed by atoms with van der Waals surface area (Å²) in [6, 6.07) is 0. The van der Waals surface area contributed by atoms with E-state index in [0.717, 1.165) is 44.4 Å². The summed E-state index contributed by atoms with van der Waals surface area (Å²) >= 11 is 6.11. The summed E-state index contributed by atoms with van der Waals surface area (Å²) in [5.74, 6) is 1.05. The lowest BCUT2D eigenvalue weighted by molar-refractivity contribution is 0.535. The number of H-pyrrole nitrogens is 1. The van der Waals surface area contributed by atoms with Gasteiger partial charge in [-0.05, 0) is 37.5 Å². The maximum atomic E-state index is 12.5. The molecule has 0 saturated heterocycles. The zero-order valence-corrected chi connectivity index (χ0v) is 12.4. The maximum Gasteiger partial charge on any atom is 0.329 e. The van der Waals surface area contributed by atoms with Crippen molar-refractivity contribution in [2.45, 2.75) is 63.8 Å². The molecule has 110 valence electrons. The van der Waals surface area contributed by atoms with Crippen LogP contribution in [0, 0.1) is 5.92 Å². The molecular formula is C15H21ClN2O2. The lowest BCUT2D eigenvalue weighted by atomic mass is 10.0. The summed E-state index contributed by atoms with van der Waals surface area (Å²) in [7, 11) is 0. The Balaban J connectivity index is 1.85. The minimum atomic E-state index is -0.363. The Kier molecular flexibility index (Phi) is 4.01. The molecule has 0 atom stereocenters. The van der Waals surface area contributed by atoms with Crippen molar-refractivity contribution in [1.29, 1.82) is 0 Å². The molecule has 1 aromatic rings. The van der Waals surface area contributed by atoms with Crippen molar-refractivity contribution in [3.8, 4) is 0 Å². The van der Waals surface area contributed by atoms with E-state index in [1.165, 1.54) is 17.4 Å². The third-order valence-corrected chi connectivity index (χ3v) is 4.93. The van der Waals surface area contributed by atoms with Gasteiger partial charge in [0, 0.05) is 6.54 Å². The van der Waals surface area contributed by atoms with Crippen LogP contribution in [0.4, 0.5) is 0 Å². The summed E-state index contributed by atoms with van der Waals surface area (Å²) in [6.07, 6.45) is 8.92. The average molecular weight is 297 g/mol. The van der Waals surface area contributed by atoms with Gasteiger partial charge in [0.2, 0.25) is 0 Å². The van der Waals surface area contributed by atoms with Gasteiger partial charge in [-0.2, -0.15) is 0 Å². The van der Waals surface area contributed by atoms with Gasteiger partial charge in [0.05, 0.1) is 5.56 Å². The smallest absolute Gasteiger partial charge is 0.297 e. The van der Waals surface area contributed by atoms with Gasteiger partial charge >= 0.3 is 5.69 Å². The van der Waals surface area contributed by atoms with E-state index in [4.69, 9.17) is 11.6 Å². The molecule has 0 aliphatic heterocycles. The first kappa shape index (κ1) is 13.9. The molecule has 2 saturated carbocycles. The Morgan fingerprint density at radius 1 is 1.15 bits per heavy atom. The van der Waals surface area contributed by atoms with Crippen molar-refractivity contribution in [2.24, 2.45) is 5.92 Å². The Morgan fingerprint density at radius 3 is 2.50 bits per heavy atom. The highest BCUT2D eigenvalue weighted by atomic mass is 35.5. The summed E-state index contributed by atoms with van der Waals surface area (Å²) in [4.78, 5) is 27.1. The number of aromatic amines is 1. The van der Waals surface area contributed by atoms with Gasteiger partial charge in [-0.25, -0.2) is 4.79 Å². The van der Waals surface area contributed by atoms with Gasteiger partial charge in [-0.1, -0.05) is 37.3 Å². The lowest BCUT2D eigenvalue weighted by Gasteiger charge is -2.13. The predicted molar refractivity (Wildman–Crippen MR) is 79.5 cm³/mol. The topological polar surface area (TPSA) is 54.9 Å². The second-order valence-electron chi connectivity index (χ2n) is 6.18. The van der Waals surface area contributed by atoms with Crippen LogP contribution in [0.5, 0.6) is 0 Å². The highest BCUT2D eigenvalue weighted by Crippen LogP contribution is 2.35. The molecular weight excluding hydrogens is 276 g/mol. The van der Waals surface area contributed by atoms with Crippen LogP contribution in [0.3, 0.4) is 0 Å². The Hall–Kier alpha value is -1.03. The zero-order chi connectivity index (χ0) is 14.1. The third kappa shape index (κ3) is 2.85. The van der Waals surface area contributed by atoms with E-state index in [-0.39, 0.29) is 22.3 Å². The van der Waals surface area contributed by atoms with E-state index < -0.39 is 0 Å². The Bertz CT molecular complexity index is 595. The number of halogens is 1. The van der Waals surface area contributed by atoms with Gasteiger partial charge in [0.25, 0.3) is 5.56 Å². The summed E-state index contributed by atoms with van der Waals surface area (Å²) in [5.41, 5.74) is 0.106. The SMILES string of the molecule is O=c1[nH]c(Cl)c(C2CCCC2)c(=O)n1CCCC1CC1. The molecule has 20 heavy (non-hydrogen) atoms. The van der Waals surface area contributed by atoms with E-state index in [0.29, 0.717) is 12.1 Å². The summed E-state index contributed by atoms with van der Waals surface area (Å²) < 4.78 is 1.35. The predicted octanol–water partition coefficient (Wildman–Crippen LogP) is 3.04. The number of nitrogens with zero attached hydrogens (tertiary/aromatic N) is 1. The van der Waals surface area contributed by atoms with Crippen LogP contribution in [-0.4, -0.2) is 9.55 Å². The molecule has 1 aromatic heterocycles. The van der Waals surface area contributed by atoms with E-state index in [1.807, 2.05) is 0 Å². The fourth-order valence-electron chi connectivity index (χ4n) is 3.28. The first-order valence-corrected chi connectivity index (χ1v) is 8.07. The minimum absolute atomic E-state index is 0.165. The maximum absolute atomic E-state index is 12.5. The van der Waals surface area contributed by atoms with Crippen LogP contribution >= 0.6 is 11.6 Å². The molecule has 1 heterocycles. The molecule has 2 fully saturated rings. The van der Waals surface area contributed by atoms with E-state index >= 15 is 0 Å². The van der Waals surface area contributed by atoms with E-state index in [9.17, 15) is 9.59 Å². The highest BCUT2D eigenvalue weighted by molar-refractivity contribution is 6.30. The molecule has 0 spiro atoms. The molecule has 0 unspecified atom stereocenters. The highest BCUT2D eigenvalue weighted by Gasteiger charge is 2.25. The summed E-state index contributed by atoms with van der Waals surface area (Å²) in [6.45, 7) is 0.515. The Labute approximate surface area is 123 Å². The van der Waals surface area contributed by atoms with Crippen molar-refractivity contribution < 1.29 is 0 Å². The van der Waals surface area contributed by atoms with Gasteiger partial charge in [-0.15, -0.1) is 0 Å². The van der Waals surface area contributed by atoms with Gasteiger partial charge in [-0.3, -0.25) is 14.3 Å². The number of aromatic nitrogens is 2. The second-order valence-corrected chi connectivity index (χ2v) is 6.56. The largest absolute Gasteiger partial charge is 0.329 e. The molecule has 1 N–H and O–H groups in total. The van der Waals surface area contributed by atoms with Gasteiger partial charge in [0.15, 0.2) is 0 Å². The van der Waals surface area contributed by atoms with Crippen molar-refractivity contribution in [3.63, 3.8) is 0 Å². The zero-order valence-electron chi connectivity index (χ0n) is 11.7.